The molecule has 13 heavy (non-hydrogen) atoms. The first kappa shape index (κ1) is 10.7. The van der Waals surface area contributed by atoms with Gasteiger partial charge in [-0.2, -0.15) is 11.8 Å². The Labute approximate surface area is 83.7 Å². The van der Waals surface area contributed by atoms with Crippen LogP contribution < -0.4 is 0 Å². The Morgan fingerprint density at radius 1 is 1.69 bits per heavy atom. The average molecular weight is 200 g/mol. The molecule has 1 rings (SSSR count). The number of hydrogen-bond acceptors (Lipinski definition) is 3. The molecule has 0 heterocycles. The molecule has 0 bridgehead atoms. The number of methoxy groups -OCH3 is 1. The Balaban J connectivity index is 2.75. The number of hydrogen-bond donors (Lipinski definition) is 1. The first-order valence-corrected chi connectivity index (χ1v) is 5.64. The minimum absolute atomic E-state index is 0.456. The summed E-state index contributed by atoms with van der Waals surface area (Å²) in [5.41, 5.74) is 1.25. The van der Waals surface area contributed by atoms with E-state index in [0.717, 1.165) is 0 Å². The number of ether oxygens (including phenoxy) is 1. The van der Waals surface area contributed by atoms with Gasteiger partial charge < -0.3 is 9.84 Å². The molecule has 2 nitrogen and oxygen atoms in total. The molecule has 0 amide bonds. The van der Waals surface area contributed by atoms with E-state index >= 15 is 0 Å². The van der Waals surface area contributed by atoms with Gasteiger partial charge in [0.25, 0.3) is 0 Å². The monoisotopic (exact) mass is 200 g/mol. The zero-order chi connectivity index (χ0) is 9.84. The van der Waals surface area contributed by atoms with E-state index in [2.05, 4.69) is 19.3 Å². The lowest BCUT2D eigenvalue weighted by Gasteiger charge is -2.20. The molecule has 0 saturated heterocycles. The number of aliphatic hydroxyl groups is 1. The van der Waals surface area contributed by atoms with Crippen LogP contribution in [0.15, 0.2) is 23.5 Å². The predicted molar refractivity (Wildman–Crippen MR) is 56.8 cm³/mol. The van der Waals surface area contributed by atoms with Crippen molar-refractivity contribution in [3.05, 3.63) is 23.5 Å². The van der Waals surface area contributed by atoms with Gasteiger partial charge in [-0.3, -0.25) is 0 Å². The summed E-state index contributed by atoms with van der Waals surface area (Å²) in [6.45, 7) is 2.15. The van der Waals surface area contributed by atoms with Gasteiger partial charge in [0, 0.05) is 5.25 Å². The second-order valence-electron chi connectivity index (χ2n) is 3.08. The van der Waals surface area contributed by atoms with Crippen molar-refractivity contribution in [1.82, 2.24) is 0 Å². The molecule has 0 spiro atoms. The Kier molecular flexibility index (Phi) is 3.88. The lowest BCUT2D eigenvalue weighted by atomic mass is 10.0. The van der Waals surface area contributed by atoms with E-state index < -0.39 is 6.10 Å². The first-order chi connectivity index (χ1) is 6.19. The highest BCUT2D eigenvalue weighted by atomic mass is 32.2. The summed E-state index contributed by atoms with van der Waals surface area (Å²) in [7, 11) is 1.60. The molecule has 2 atom stereocenters. The van der Waals surface area contributed by atoms with E-state index in [-0.39, 0.29) is 0 Å². The molecule has 0 aromatic rings. The third-order valence-electron chi connectivity index (χ3n) is 2.27. The first-order valence-electron chi connectivity index (χ1n) is 4.35. The van der Waals surface area contributed by atoms with Crippen molar-refractivity contribution in [3.8, 4) is 0 Å². The maximum absolute atomic E-state index is 9.50. The Morgan fingerprint density at radius 2 is 2.38 bits per heavy atom. The molecule has 0 aliphatic heterocycles. The van der Waals surface area contributed by atoms with Gasteiger partial charge in [-0.25, -0.2) is 0 Å². The molecule has 0 fully saturated rings. The van der Waals surface area contributed by atoms with Crippen LogP contribution in [0.25, 0.3) is 0 Å². The van der Waals surface area contributed by atoms with Crippen LogP contribution in [0, 0.1) is 0 Å². The quantitative estimate of drug-likeness (QED) is 0.755. The number of thioether (sulfide) groups is 1. The highest BCUT2D eigenvalue weighted by molar-refractivity contribution is 7.99. The van der Waals surface area contributed by atoms with Gasteiger partial charge in [0.15, 0.2) is 0 Å². The summed E-state index contributed by atoms with van der Waals surface area (Å²) >= 11 is 1.79. The Bertz CT molecular complexity index is 233. The molecule has 0 aromatic heterocycles. The molecular formula is C10H16O2S. The normalized spacial score (nSPS) is 24.8. The van der Waals surface area contributed by atoms with E-state index in [9.17, 15) is 5.11 Å². The third kappa shape index (κ3) is 2.51. The zero-order valence-corrected chi connectivity index (χ0v) is 9.10. The van der Waals surface area contributed by atoms with E-state index in [1.165, 1.54) is 5.57 Å². The van der Waals surface area contributed by atoms with Crippen molar-refractivity contribution in [2.24, 2.45) is 0 Å². The summed E-state index contributed by atoms with van der Waals surface area (Å²) in [6.07, 6.45) is 6.31. The molecule has 1 N–H and O–H groups in total. The molecule has 3 heteroatoms. The number of rotatable bonds is 3. The van der Waals surface area contributed by atoms with Crippen LogP contribution in [-0.2, 0) is 4.74 Å². The topological polar surface area (TPSA) is 29.5 Å². The van der Waals surface area contributed by atoms with Crippen LogP contribution >= 0.6 is 11.8 Å². The van der Waals surface area contributed by atoms with E-state index in [1.54, 1.807) is 18.9 Å². The van der Waals surface area contributed by atoms with E-state index in [1.807, 2.05) is 6.08 Å². The zero-order valence-electron chi connectivity index (χ0n) is 8.28. The van der Waals surface area contributed by atoms with Gasteiger partial charge in [-0.1, -0.05) is 6.08 Å². The highest BCUT2D eigenvalue weighted by Crippen LogP contribution is 2.25. The predicted octanol–water partition coefficient (Wildman–Crippen LogP) is 1.96. The van der Waals surface area contributed by atoms with E-state index in [0.29, 0.717) is 17.4 Å². The van der Waals surface area contributed by atoms with Crippen molar-refractivity contribution in [2.75, 3.05) is 13.4 Å². The lowest BCUT2D eigenvalue weighted by molar-refractivity contribution is 0.128. The minimum Gasteiger partial charge on any atom is -0.498 e. The van der Waals surface area contributed by atoms with Crippen LogP contribution in [0.3, 0.4) is 0 Å². The summed E-state index contributed by atoms with van der Waals surface area (Å²) < 4.78 is 5.09. The number of allylic oxidation sites excluding steroid dienone is 1. The standard InChI is InChI=1S/C10H16O2S/c1-7(13-3)8-4-5-9(11)10(6-8)12-2/h4,6-7,9,11H,5H2,1-3H3. The number of aliphatic hydroxyl groups excluding tert-OH is 1. The van der Waals surface area contributed by atoms with Gasteiger partial charge in [-0.05, 0) is 31.2 Å². The largest absolute Gasteiger partial charge is 0.498 e. The maximum Gasteiger partial charge on any atom is 0.125 e. The second kappa shape index (κ2) is 4.72. The van der Waals surface area contributed by atoms with Crippen LogP contribution in [0.1, 0.15) is 13.3 Å². The SMILES string of the molecule is COC1=CC(C(C)SC)=CCC1O. The van der Waals surface area contributed by atoms with Crippen LogP contribution in [0.4, 0.5) is 0 Å². The highest BCUT2D eigenvalue weighted by Gasteiger charge is 2.17. The Morgan fingerprint density at radius 3 is 2.92 bits per heavy atom. The second-order valence-corrected chi connectivity index (χ2v) is 4.26. The van der Waals surface area contributed by atoms with Crippen molar-refractivity contribution in [2.45, 2.75) is 24.7 Å². The maximum atomic E-state index is 9.50. The third-order valence-corrected chi connectivity index (χ3v) is 3.25. The fraction of sp³-hybridized carbons (Fsp3) is 0.600. The summed E-state index contributed by atoms with van der Waals surface area (Å²) in [4.78, 5) is 0. The summed E-state index contributed by atoms with van der Waals surface area (Å²) in [6, 6.07) is 0. The van der Waals surface area contributed by atoms with Gasteiger partial charge in [0.2, 0.25) is 0 Å². The van der Waals surface area contributed by atoms with E-state index in [4.69, 9.17) is 4.74 Å². The smallest absolute Gasteiger partial charge is 0.125 e. The fourth-order valence-corrected chi connectivity index (χ4v) is 1.73. The summed E-state index contributed by atoms with van der Waals surface area (Å²) in [5.74, 6) is 0.679. The van der Waals surface area contributed by atoms with Gasteiger partial charge in [0.1, 0.15) is 11.9 Å². The molecule has 74 valence electrons. The molecule has 2 unspecified atom stereocenters. The molecule has 0 saturated carbocycles. The molecular weight excluding hydrogens is 184 g/mol. The van der Waals surface area contributed by atoms with Crippen LogP contribution in [-0.4, -0.2) is 29.8 Å². The Hall–Kier alpha value is -0.410. The van der Waals surface area contributed by atoms with Gasteiger partial charge in [-0.15, -0.1) is 0 Å². The molecule has 1 aliphatic carbocycles. The van der Waals surface area contributed by atoms with Crippen LogP contribution in [0.5, 0.6) is 0 Å². The van der Waals surface area contributed by atoms with Crippen molar-refractivity contribution < 1.29 is 9.84 Å². The molecule has 0 aromatic carbocycles. The van der Waals surface area contributed by atoms with Crippen molar-refractivity contribution in [3.63, 3.8) is 0 Å². The van der Waals surface area contributed by atoms with Gasteiger partial charge >= 0.3 is 0 Å². The minimum atomic E-state index is -0.456. The summed E-state index contributed by atoms with van der Waals surface area (Å²) in [5, 5.41) is 9.97. The molecule has 1 aliphatic rings. The fourth-order valence-electron chi connectivity index (χ4n) is 1.30. The van der Waals surface area contributed by atoms with Gasteiger partial charge in [0.05, 0.1) is 7.11 Å². The molecule has 0 radical (unpaired) electrons. The average Bonchev–Trinajstić information content (AvgIpc) is 2.17. The van der Waals surface area contributed by atoms with Crippen molar-refractivity contribution >= 4 is 11.8 Å². The van der Waals surface area contributed by atoms with Crippen molar-refractivity contribution in [1.29, 1.82) is 0 Å². The lowest BCUT2D eigenvalue weighted by Crippen LogP contribution is -2.16. The van der Waals surface area contributed by atoms with Crippen LogP contribution in [0.2, 0.25) is 0 Å².